The number of hydrogen-bond donors (Lipinski definition) is 0. The smallest absolute Gasteiger partial charge is 0.158 e. The zero-order valence-electron chi connectivity index (χ0n) is 8.57. The second-order valence-corrected chi connectivity index (χ2v) is 2.61. The molecule has 0 bridgehead atoms. The molecule has 0 saturated carbocycles. The molecule has 0 aromatic carbocycles. The van der Waals surface area contributed by atoms with Crippen molar-refractivity contribution < 1.29 is 0 Å². The van der Waals surface area contributed by atoms with Crippen molar-refractivity contribution in [2.45, 2.75) is 27.7 Å². The highest BCUT2D eigenvalue weighted by Crippen LogP contribution is 2.06. The first kappa shape index (κ1) is 9.71. The second kappa shape index (κ2) is 4.03. The summed E-state index contributed by atoms with van der Waals surface area (Å²) in [6.45, 7) is 7.99. The number of nitrogens with zero attached hydrogens (tertiary/aromatic N) is 3. The molecule has 0 radical (unpaired) electrons. The van der Waals surface area contributed by atoms with Crippen molar-refractivity contribution in [3.8, 4) is 0 Å². The third kappa shape index (κ3) is 1.69. The Labute approximate surface area is 78.5 Å². The van der Waals surface area contributed by atoms with Gasteiger partial charge in [0.25, 0.3) is 0 Å². The van der Waals surface area contributed by atoms with Crippen LogP contribution in [0.1, 0.15) is 25.2 Å². The SMILES string of the molecule is CC.Cc1nccn2c(C)cnc12. The van der Waals surface area contributed by atoms with Crippen molar-refractivity contribution >= 4 is 5.65 Å². The van der Waals surface area contributed by atoms with Gasteiger partial charge >= 0.3 is 0 Å². The second-order valence-electron chi connectivity index (χ2n) is 2.61. The third-order valence-corrected chi connectivity index (χ3v) is 1.79. The van der Waals surface area contributed by atoms with Gasteiger partial charge in [-0.3, -0.25) is 4.98 Å². The topological polar surface area (TPSA) is 30.2 Å². The maximum absolute atomic E-state index is 4.22. The number of imidazole rings is 1. The summed E-state index contributed by atoms with van der Waals surface area (Å²) >= 11 is 0. The van der Waals surface area contributed by atoms with Gasteiger partial charge in [0.1, 0.15) is 0 Å². The molecule has 2 aromatic heterocycles. The fraction of sp³-hybridized carbons (Fsp3) is 0.400. The van der Waals surface area contributed by atoms with E-state index in [0.29, 0.717) is 0 Å². The first-order chi connectivity index (χ1) is 6.29. The van der Waals surface area contributed by atoms with Crippen LogP contribution in [0.5, 0.6) is 0 Å². The minimum atomic E-state index is 0.949. The van der Waals surface area contributed by atoms with Crippen molar-refractivity contribution in [3.63, 3.8) is 0 Å². The number of aromatic nitrogens is 3. The fourth-order valence-electron chi connectivity index (χ4n) is 1.17. The Hall–Kier alpha value is -1.38. The molecule has 3 heteroatoms. The Morgan fingerprint density at radius 3 is 2.46 bits per heavy atom. The van der Waals surface area contributed by atoms with Crippen molar-refractivity contribution in [3.05, 3.63) is 30.0 Å². The minimum Gasteiger partial charge on any atom is -0.301 e. The first-order valence-corrected chi connectivity index (χ1v) is 4.54. The van der Waals surface area contributed by atoms with E-state index in [-0.39, 0.29) is 0 Å². The number of rotatable bonds is 0. The van der Waals surface area contributed by atoms with Crippen molar-refractivity contribution in [1.29, 1.82) is 0 Å². The van der Waals surface area contributed by atoms with E-state index in [2.05, 4.69) is 9.97 Å². The molecule has 13 heavy (non-hydrogen) atoms. The van der Waals surface area contributed by atoms with Gasteiger partial charge in [0.15, 0.2) is 5.65 Å². The molecule has 0 aliphatic carbocycles. The molecule has 0 aliphatic rings. The third-order valence-electron chi connectivity index (χ3n) is 1.79. The summed E-state index contributed by atoms with van der Waals surface area (Å²) < 4.78 is 2.03. The van der Waals surface area contributed by atoms with Gasteiger partial charge in [-0.1, -0.05) is 13.8 Å². The summed E-state index contributed by atoms with van der Waals surface area (Å²) in [5.41, 5.74) is 3.07. The Morgan fingerprint density at radius 2 is 1.85 bits per heavy atom. The highest BCUT2D eigenvalue weighted by atomic mass is 15.0. The zero-order valence-corrected chi connectivity index (χ0v) is 8.57. The molecule has 0 fully saturated rings. The lowest BCUT2D eigenvalue weighted by Crippen LogP contribution is -1.91. The maximum Gasteiger partial charge on any atom is 0.158 e. The van der Waals surface area contributed by atoms with Gasteiger partial charge in [0.05, 0.1) is 5.69 Å². The van der Waals surface area contributed by atoms with Crippen molar-refractivity contribution in [2.75, 3.05) is 0 Å². The van der Waals surface area contributed by atoms with Gasteiger partial charge in [-0.05, 0) is 13.8 Å². The van der Waals surface area contributed by atoms with Crippen LogP contribution in [0.15, 0.2) is 18.6 Å². The largest absolute Gasteiger partial charge is 0.301 e. The van der Waals surface area contributed by atoms with Gasteiger partial charge in [-0.25, -0.2) is 4.98 Å². The average molecular weight is 177 g/mol. The number of hydrogen-bond acceptors (Lipinski definition) is 2. The van der Waals surface area contributed by atoms with Gasteiger partial charge in [0, 0.05) is 24.3 Å². The Morgan fingerprint density at radius 1 is 1.15 bits per heavy atom. The normalized spacial score (nSPS) is 9.54. The summed E-state index contributed by atoms with van der Waals surface area (Å²) in [6.07, 6.45) is 5.56. The number of fused-ring (bicyclic) bond motifs is 1. The molecule has 0 atom stereocenters. The highest BCUT2D eigenvalue weighted by Gasteiger charge is 1.99. The van der Waals surface area contributed by atoms with E-state index in [0.717, 1.165) is 17.0 Å². The van der Waals surface area contributed by atoms with Gasteiger partial charge < -0.3 is 4.40 Å². The molecule has 3 nitrogen and oxygen atoms in total. The van der Waals surface area contributed by atoms with Crippen LogP contribution in [0.25, 0.3) is 5.65 Å². The molecule has 0 N–H and O–H groups in total. The first-order valence-electron chi connectivity index (χ1n) is 4.54. The van der Waals surface area contributed by atoms with Crippen LogP contribution in [-0.2, 0) is 0 Å². The fourth-order valence-corrected chi connectivity index (χ4v) is 1.17. The van der Waals surface area contributed by atoms with E-state index in [9.17, 15) is 0 Å². The van der Waals surface area contributed by atoms with Gasteiger partial charge in [-0.2, -0.15) is 0 Å². The van der Waals surface area contributed by atoms with E-state index in [1.54, 1.807) is 6.20 Å². The maximum atomic E-state index is 4.22. The highest BCUT2D eigenvalue weighted by molar-refractivity contribution is 5.43. The quantitative estimate of drug-likeness (QED) is 0.618. The Bertz CT molecular complexity index is 390. The Kier molecular flexibility index (Phi) is 3.01. The summed E-state index contributed by atoms with van der Waals surface area (Å²) in [6, 6.07) is 0. The lowest BCUT2D eigenvalue weighted by atomic mass is 10.5. The summed E-state index contributed by atoms with van der Waals surface area (Å²) in [4.78, 5) is 8.36. The number of aryl methyl sites for hydroxylation is 2. The molecule has 0 unspecified atom stereocenters. The lowest BCUT2D eigenvalue weighted by Gasteiger charge is -1.96. The summed E-state index contributed by atoms with van der Waals surface area (Å²) in [5.74, 6) is 0. The zero-order chi connectivity index (χ0) is 9.84. The molecule has 0 spiro atoms. The molecular weight excluding hydrogens is 162 g/mol. The predicted molar refractivity (Wildman–Crippen MR) is 53.8 cm³/mol. The van der Waals surface area contributed by atoms with Crippen LogP contribution in [0.2, 0.25) is 0 Å². The molecular formula is C10H15N3. The van der Waals surface area contributed by atoms with Crippen molar-refractivity contribution in [1.82, 2.24) is 14.4 Å². The monoisotopic (exact) mass is 177 g/mol. The van der Waals surface area contributed by atoms with Gasteiger partial charge in [-0.15, -0.1) is 0 Å². The van der Waals surface area contributed by atoms with Crippen LogP contribution >= 0.6 is 0 Å². The molecule has 0 amide bonds. The molecule has 70 valence electrons. The van der Waals surface area contributed by atoms with Crippen molar-refractivity contribution in [2.24, 2.45) is 0 Å². The van der Waals surface area contributed by atoms with Crippen LogP contribution in [0.4, 0.5) is 0 Å². The van der Waals surface area contributed by atoms with E-state index in [4.69, 9.17) is 0 Å². The lowest BCUT2D eigenvalue weighted by molar-refractivity contribution is 1.04. The van der Waals surface area contributed by atoms with Crippen LogP contribution in [-0.4, -0.2) is 14.4 Å². The van der Waals surface area contributed by atoms with E-state index in [1.165, 1.54) is 0 Å². The molecule has 2 rings (SSSR count). The summed E-state index contributed by atoms with van der Waals surface area (Å²) in [5, 5.41) is 0. The van der Waals surface area contributed by atoms with Crippen LogP contribution < -0.4 is 0 Å². The van der Waals surface area contributed by atoms with E-state index in [1.807, 2.05) is 44.5 Å². The molecule has 2 heterocycles. The van der Waals surface area contributed by atoms with Crippen LogP contribution in [0, 0.1) is 13.8 Å². The minimum absolute atomic E-state index is 0.949. The summed E-state index contributed by atoms with van der Waals surface area (Å²) in [7, 11) is 0. The molecule has 2 aromatic rings. The average Bonchev–Trinajstić information content (AvgIpc) is 2.53. The standard InChI is InChI=1S/C8H9N3.C2H6/c1-6-5-10-8-7(2)9-3-4-11(6)8;1-2/h3-5H,1-2H3;1-2H3. The van der Waals surface area contributed by atoms with E-state index >= 15 is 0 Å². The Balaban J connectivity index is 0.000000396. The van der Waals surface area contributed by atoms with Gasteiger partial charge in [0.2, 0.25) is 0 Å². The molecule has 0 saturated heterocycles. The van der Waals surface area contributed by atoms with Crippen LogP contribution in [0.3, 0.4) is 0 Å². The molecule has 0 aliphatic heterocycles. The van der Waals surface area contributed by atoms with E-state index < -0.39 is 0 Å². The predicted octanol–water partition coefficient (Wildman–Crippen LogP) is 2.37.